The van der Waals surface area contributed by atoms with Crippen LogP contribution in [0.5, 0.6) is 0 Å². The van der Waals surface area contributed by atoms with E-state index in [2.05, 4.69) is 0 Å². The van der Waals surface area contributed by atoms with Crippen molar-refractivity contribution in [2.24, 2.45) is 5.73 Å². The molecule has 1 unspecified atom stereocenters. The fraction of sp³-hybridized carbons (Fsp3) is 0.444. The number of amides is 1. The lowest BCUT2D eigenvalue weighted by molar-refractivity contribution is -0.149. The van der Waals surface area contributed by atoms with Gasteiger partial charge < -0.3 is 15.6 Å². The van der Waals surface area contributed by atoms with Gasteiger partial charge >= 0.3 is 11.9 Å². The molecule has 8 heteroatoms. The van der Waals surface area contributed by atoms with E-state index in [9.17, 15) is 14.4 Å². The first-order chi connectivity index (χ1) is 7.93. The van der Waals surface area contributed by atoms with Crippen LogP contribution >= 0.6 is 11.8 Å². The second-order valence-corrected chi connectivity index (χ2v) is 4.71. The summed E-state index contributed by atoms with van der Waals surface area (Å²) in [5.74, 6) is -2.18. The first-order valence-electron chi connectivity index (χ1n) is 4.78. The standard InChI is InChI=1S/C9H10N2O5S/c1-3(12)16-4-2-17-8-5(10)7(13)11(8)6(4)9(14)15/h5,8H,2,10H2,1H3,(H,14,15)/t5?,8-/m1/s1. The Hall–Kier alpha value is -1.54. The molecule has 17 heavy (non-hydrogen) atoms. The molecule has 0 bridgehead atoms. The highest BCUT2D eigenvalue weighted by Gasteiger charge is 2.52. The van der Waals surface area contributed by atoms with Crippen molar-refractivity contribution in [1.82, 2.24) is 4.90 Å². The Morgan fingerprint density at radius 2 is 2.24 bits per heavy atom. The molecule has 0 saturated carbocycles. The predicted octanol–water partition coefficient (Wildman–Crippen LogP) is -0.912. The van der Waals surface area contributed by atoms with E-state index in [1.165, 1.54) is 18.7 Å². The van der Waals surface area contributed by atoms with Crippen LogP contribution in [-0.4, -0.2) is 45.0 Å². The Kier molecular flexibility index (Phi) is 2.84. The number of esters is 1. The minimum absolute atomic E-state index is 0.00787. The number of β-lactam (4-membered cyclic amide) rings is 1. The summed E-state index contributed by atoms with van der Waals surface area (Å²) in [7, 11) is 0. The molecule has 0 aromatic heterocycles. The van der Waals surface area contributed by atoms with E-state index < -0.39 is 23.9 Å². The van der Waals surface area contributed by atoms with Gasteiger partial charge in [0.25, 0.3) is 0 Å². The lowest BCUT2D eigenvalue weighted by Gasteiger charge is -2.47. The van der Waals surface area contributed by atoms with Gasteiger partial charge in [0, 0.05) is 6.92 Å². The molecule has 1 saturated heterocycles. The summed E-state index contributed by atoms with van der Waals surface area (Å²) in [5.41, 5.74) is 5.27. The molecule has 2 aliphatic rings. The Bertz CT molecular complexity index is 447. The molecule has 1 fully saturated rings. The SMILES string of the molecule is CC(=O)OC1=C(C(=O)O)N2C(=O)C(N)[C@H]2SC1. The molecule has 0 spiro atoms. The van der Waals surface area contributed by atoms with Crippen LogP contribution < -0.4 is 5.73 Å². The number of carbonyl (C=O) groups excluding carboxylic acids is 2. The van der Waals surface area contributed by atoms with E-state index in [0.29, 0.717) is 0 Å². The zero-order valence-corrected chi connectivity index (χ0v) is 9.69. The van der Waals surface area contributed by atoms with Crippen molar-refractivity contribution in [3.63, 3.8) is 0 Å². The normalized spacial score (nSPS) is 27.4. The van der Waals surface area contributed by atoms with Crippen molar-refractivity contribution >= 4 is 29.6 Å². The minimum Gasteiger partial charge on any atom is -0.476 e. The first kappa shape index (κ1) is 11.9. The average molecular weight is 258 g/mol. The molecule has 0 radical (unpaired) electrons. The molecular weight excluding hydrogens is 248 g/mol. The molecule has 3 N–H and O–H groups in total. The van der Waals surface area contributed by atoms with Crippen LogP contribution in [0, 0.1) is 0 Å². The summed E-state index contributed by atoms with van der Waals surface area (Å²) in [6, 6.07) is -0.687. The van der Waals surface area contributed by atoms with Crippen LogP contribution in [0.25, 0.3) is 0 Å². The molecule has 92 valence electrons. The highest BCUT2D eigenvalue weighted by molar-refractivity contribution is 8.00. The number of hydrogen-bond donors (Lipinski definition) is 2. The van der Waals surface area contributed by atoms with Gasteiger partial charge in [0.05, 0.1) is 5.75 Å². The van der Waals surface area contributed by atoms with E-state index in [-0.39, 0.29) is 22.6 Å². The lowest BCUT2D eigenvalue weighted by atomic mass is 10.1. The second kappa shape index (κ2) is 4.04. The topological polar surface area (TPSA) is 110 Å². The van der Waals surface area contributed by atoms with Crippen LogP contribution in [0.4, 0.5) is 0 Å². The molecule has 1 amide bonds. The smallest absolute Gasteiger partial charge is 0.356 e. The van der Waals surface area contributed by atoms with Gasteiger partial charge in [-0.3, -0.25) is 14.5 Å². The van der Waals surface area contributed by atoms with Gasteiger partial charge in [-0.05, 0) is 0 Å². The maximum absolute atomic E-state index is 11.5. The molecule has 0 aliphatic carbocycles. The summed E-state index contributed by atoms with van der Waals surface area (Å²) in [4.78, 5) is 34.5. The number of hydrogen-bond acceptors (Lipinski definition) is 6. The number of fused-ring (bicyclic) bond motifs is 1. The number of nitrogens with zero attached hydrogens (tertiary/aromatic N) is 1. The van der Waals surface area contributed by atoms with Crippen molar-refractivity contribution in [2.45, 2.75) is 18.3 Å². The zero-order chi connectivity index (χ0) is 12.7. The van der Waals surface area contributed by atoms with Crippen molar-refractivity contribution in [3.8, 4) is 0 Å². The second-order valence-electron chi connectivity index (χ2n) is 3.61. The Morgan fingerprint density at radius 3 is 2.76 bits per heavy atom. The van der Waals surface area contributed by atoms with Crippen LogP contribution in [-0.2, 0) is 19.1 Å². The average Bonchev–Trinajstić information content (AvgIpc) is 2.26. The Labute approximate surface area is 101 Å². The highest BCUT2D eigenvalue weighted by atomic mass is 32.2. The number of ether oxygens (including phenoxy) is 1. The fourth-order valence-corrected chi connectivity index (χ4v) is 2.94. The van der Waals surface area contributed by atoms with Gasteiger partial charge in [-0.25, -0.2) is 4.79 Å². The molecular formula is C9H10N2O5S. The van der Waals surface area contributed by atoms with Crippen molar-refractivity contribution in [1.29, 1.82) is 0 Å². The minimum atomic E-state index is -1.30. The van der Waals surface area contributed by atoms with Crippen LogP contribution in [0.15, 0.2) is 11.5 Å². The number of carboxylic acids is 1. The molecule has 2 rings (SSSR count). The molecule has 0 aromatic carbocycles. The monoisotopic (exact) mass is 258 g/mol. The van der Waals surface area contributed by atoms with E-state index in [1.807, 2.05) is 0 Å². The quantitative estimate of drug-likeness (QED) is 0.487. The summed E-state index contributed by atoms with van der Waals surface area (Å²) in [5, 5.41) is 8.67. The Morgan fingerprint density at radius 1 is 1.59 bits per heavy atom. The maximum Gasteiger partial charge on any atom is 0.356 e. The zero-order valence-electron chi connectivity index (χ0n) is 8.87. The van der Waals surface area contributed by atoms with Gasteiger partial charge in [0.2, 0.25) is 5.91 Å². The number of thioether (sulfide) groups is 1. The molecule has 2 aliphatic heterocycles. The van der Waals surface area contributed by atoms with E-state index in [0.717, 1.165) is 4.90 Å². The van der Waals surface area contributed by atoms with E-state index in [1.54, 1.807) is 0 Å². The van der Waals surface area contributed by atoms with Gasteiger partial charge in [-0.1, -0.05) is 0 Å². The van der Waals surface area contributed by atoms with Crippen molar-refractivity contribution < 1.29 is 24.2 Å². The lowest BCUT2D eigenvalue weighted by Crippen LogP contribution is -2.68. The third-order valence-electron chi connectivity index (χ3n) is 2.44. The summed E-state index contributed by atoms with van der Waals surface area (Å²) in [6.07, 6.45) is 0. The molecule has 2 atom stereocenters. The van der Waals surface area contributed by atoms with Crippen LogP contribution in [0.2, 0.25) is 0 Å². The number of carbonyl (C=O) groups is 3. The predicted molar refractivity (Wildman–Crippen MR) is 57.5 cm³/mol. The first-order valence-corrected chi connectivity index (χ1v) is 5.83. The van der Waals surface area contributed by atoms with Gasteiger partial charge in [-0.15, -0.1) is 11.8 Å². The summed E-state index contributed by atoms with van der Waals surface area (Å²) in [6.45, 7) is 1.17. The summed E-state index contributed by atoms with van der Waals surface area (Å²) >= 11 is 1.28. The maximum atomic E-state index is 11.5. The van der Waals surface area contributed by atoms with Gasteiger partial charge in [0.15, 0.2) is 5.70 Å². The molecule has 0 aromatic rings. The van der Waals surface area contributed by atoms with Gasteiger partial charge in [0.1, 0.15) is 17.2 Å². The molecule has 7 nitrogen and oxygen atoms in total. The number of carboxylic acid groups (broad SMARTS) is 1. The summed E-state index contributed by atoms with van der Waals surface area (Å²) < 4.78 is 4.81. The van der Waals surface area contributed by atoms with Crippen molar-refractivity contribution in [2.75, 3.05) is 5.75 Å². The number of aliphatic carboxylic acids is 1. The number of nitrogens with two attached hydrogens (primary N) is 1. The number of rotatable bonds is 2. The van der Waals surface area contributed by atoms with Crippen LogP contribution in [0.1, 0.15) is 6.92 Å². The van der Waals surface area contributed by atoms with Crippen LogP contribution in [0.3, 0.4) is 0 Å². The fourth-order valence-electron chi connectivity index (χ4n) is 1.74. The highest BCUT2D eigenvalue weighted by Crippen LogP contribution is 2.39. The molecule has 2 heterocycles. The largest absolute Gasteiger partial charge is 0.476 e. The van der Waals surface area contributed by atoms with E-state index in [4.69, 9.17) is 15.6 Å². The third-order valence-corrected chi connectivity index (χ3v) is 3.72. The van der Waals surface area contributed by atoms with Gasteiger partial charge in [-0.2, -0.15) is 0 Å². The third kappa shape index (κ3) is 1.79. The van der Waals surface area contributed by atoms with E-state index >= 15 is 0 Å². The van der Waals surface area contributed by atoms with Crippen molar-refractivity contribution in [3.05, 3.63) is 11.5 Å². The Balaban J connectivity index is 2.36.